The molecular formula is C21H27N3O4S. The van der Waals surface area contributed by atoms with E-state index in [1.165, 1.54) is 34.8 Å². The highest BCUT2D eigenvalue weighted by molar-refractivity contribution is 7.89. The molecule has 8 heteroatoms. The molecule has 2 aromatic rings. The molecule has 2 aliphatic heterocycles. The third-order valence-electron chi connectivity index (χ3n) is 6.00. The highest BCUT2D eigenvalue weighted by atomic mass is 32.2. The molecule has 1 aromatic carbocycles. The fourth-order valence-electron chi connectivity index (χ4n) is 4.31. The fraction of sp³-hybridized carbons (Fsp3) is 0.476. The van der Waals surface area contributed by atoms with E-state index in [9.17, 15) is 13.2 Å². The van der Waals surface area contributed by atoms with E-state index in [2.05, 4.69) is 38.9 Å². The molecule has 0 aliphatic carbocycles. The number of methoxy groups -OCH3 is 1. The van der Waals surface area contributed by atoms with Crippen LogP contribution >= 0.6 is 0 Å². The number of nitrogens with one attached hydrogen (secondary N) is 1. The molecule has 1 aromatic heterocycles. The molecule has 1 saturated heterocycles. The van der Waals surface area contributed by atoms with Crippen LogP contribution in [0.1, 0.15) is 34.5 Å². The first-order chi connectivity index (χ1) is 14.0. The predicted octanol–water partition coefficient (Wildman–Crippen LogP) is 2.26. The van der Waals surface area contributed by atoms with Crippen LogP contribution in [0.5, 0.6) is 0 Å². The van der Waals surface area contributed by atoms with Crippen LogP contribution in [0.25, 0.3) is 0 Å². The Hall–Kier alpha value is -2.16. The van der Waals surface area contributed by atoms with Gasteiger partial charge in [-0.2, -0.15) is 4.31 Å². The summed E-state index contributed by atoms with van der Waals surface area (Å²) in [4.78, 5) is 16.9. The number of hydrogen-bond donors (Lipinski definition) is 1. The van der Waals surface area contributed by atoms with Crippen LogP contribution in [0.3, 0.4) is 0 Å². The molecule has 156 valence electrons. The molecule has 0 unspecified atom stereocenters. The maximum Gasteiger partial charge on any atom is 0.354 e. The summed E-state index contributed by atoms with van der Waals surface area (Å²) in [6.07, 6.45) is 4.15. The maximum absolute atomic E-state index is 12.9. The van der Waals surface area contributed by atoms with Crippen molar-refractivity contribution in [3.8, 4) is 0 Å². The van der Waals surface area contributed by atoms with Gasteiger partial charge in [0, 0.05) is 38.9 Å². The van der Waals surface area contributed by atoms with Crippen LogP contribution in [0.2, 0.25) is 0 Å². The van der Waals surface area contributed by atoms with Gasteiger partial charge in [-0.3, -0.25) is 4.90 Å². The summed E-state index contributed by atoms with van der Waals surface area (Å²) >= 11 is 0. The van der Waals surface area contributed by atoms with Gasteiger partial charge in [0.15, 0.2) is 0 Å². The first-order valence-corrected chi connectivity index (χ1v) is 11.5. The van der Waals surface area contributed by atoms with Gasteiger partial charge in [0.25, 0.3) is 0 Å². The minimum Gasteiger partial charge on any atom is -0.464 e. The highest BCUT2D eigenvalue weighted by Gasteiger charge is 2.31. The van der Waals surface area contributed by atoms with Gasteiger partial charge < -0.3 is 9.72 Å². The second-order valence-electron chi connectivity index (χ2n) is 7.84. The minimum absolute atomic E-state index is 0.115. The second-order valence-corrected chi connectivity index (χ2v) is 9.78. The normalized spacial score (nSPS) is 19.1. The zero-order valence-electron chi connectivity index (χ0n) is 16.6. The third-order valence-corrected chi connectivity index (χ3v) is 7.88. The van der Waals surface area contributed by atoms with E-state index >= 15 is 0 Å². The number of piperidine rings is 1. The number of rotatable bonds is 5. The number of nitrogens with zero attached hydrogens (tertiary/aromatic N) is 2. The summed E-state index contributed by atoms with van der Waals surface area (Å²) in [5.41, 5.74) is 3.00. The lowest BCUT2D eigenvalue weighted by molar-refractivity contribution is 0.0594. The van der Waals surface area contributed by atoms with Gasteiger partial charge >= 0.3 is 5.97 Å². The Balaban J connectivity index is 1.33. The van der Waals surface area contributed by atoms with Crippen LogP contribution in [0.15, 0.2) is 41.4 Å². The standard InChI is InChI=1S/C21H27N3O4S/c1-28-21(25)20-12-19(13-22-20)29(26,27)24-10-6-16(7-11-24)14-23-9-8-17-4-2-3-5-18(17)15-23/h2-5,12-13,16,22H,6-11,14-15H2,1H3. The lowest BCUT2D eigenvalue weighted by Gasteiger charge is -2.36. The first-order valence-electron chi connectivity index (χ1n) is 10.0. The van der Waals surface area contributed by atoms with Crippen LogP contribution in [-0.2, 0) is 27.7 Å². The van der Waals surface area contributed by atoms with Crippen molar-refractivity contribution in [1.29, 1.82) is 0 Å². The smallest absolute Gasteiger partial charge is 0.354 e. The molecule has 29 heavy (non-hydrogen) atoms. The quantitative estimate of drug-likeness (QED) is 0.755. The van der Waals surface area contributed by atoms with Crippen LogP contribution in [0.4, 0.5) is 0 Å². The Kier molecular flexibility index (Phi) is 5.76. The van der Waals surface area contributed by atoms with Gasteiger partial charge in [0.05, 0.1) is 7.11 Å². The molecule has 1 N–H and O–H groups in total. The van der Waals surface area contributed by atoms with Crippen molar-refractivity contribution in [2.45, 2.75) is 30.7 Å². The van der Waals surface area contributed by atoms with Crippen molar-refractivity contribution in [2.24, 2.45) is 5.92 Å². The SMILES string of the molecule is COC(=O)c1cc(S(=O)(=O)N2CCC(CN3CCc4ccccc4C3)CC2)c[nH]1. The van der Waals surface area contributed by atoms with Crippen molar-refractivity contribution >= 4 is 16.0 Å². The molecule has 3 heterocycles. The van der Waals surface area contributed by atoms with E-state index in [0.29, 0.717) is 19.0 Å². The number of benzene rings is 1. The molecule has 0 amide bonds. The Bertz CT molecular complexity index is 977. The van der Waals surface area contributed by atoms with Crippen LogP contribution in [-0.4, -0.2) is 61.9 Å². The fourth-order valence-corrected chi connectivity index (χ4v) is 5.77. The van der Waals surface area contributed by atoms with E-state index in [1.807, 2.05) is 0 Å². The summed E-state index contributed by atoms with van der Waals surface area (Å²) in [7, 11) is -2.33. The van der Waals surface area contributed by atoms with Crippen molar-refractivity contribution in [1.82, 2.24) is 14.2 Å². The van der Waals surface area contributed by atoms with Crippen molar-refractivity contribution < 1.29 is 17.9 Å². The zero-order valence-corrected chi connectivity index (χ0v) is 17.5. The molecule has 0 saturated carbocycles. The number of esters is 1. The van der Waals surface area contributed by atoms with Crippen molar-refractivity contribution in [3.63, 3.8) is 0 Å². The van der Waals surface area contributed by atoms with E-state index in [-0.39, 0.29) is 10.6 Å². The summed E-state index contributed by atoms with van der Waals surface area (Å²) in [5.74, 6) is -0.0724. The topological polar surface area (TPSA) is 82.7 Å². The summed E-state index contributed by atoms with van der Waals surface area (Å²) in [5, 5.41) is 0. The predicted molar refractivity (Wildman–Crippen MR) is 109 cm³/mol. The van der Waals surface area contributed by atoms with Crippen LogP contribution < -0.4 is 0 Å². The average molecular weight is 418 g/mol. The van der Waals surface area contributed by atoms with Gasteiger partial charge in [-0.15, -0.1) is 0 Å². The molecular weight excluding hydrogens is 390 g/mol. The maximum atomic E-state index is 12.9. The summed E-state index contributed by atoms with van der Waals surface area (Å²) in [6.45, 7) is 4.08. The Labute approximate surface area is 171 Å². The molecule has 7 nitrogen and oxygen atoms in total. The van der Waals surface area contributed by atoms with E-state index < -0.39 is 16.0 Å². The number of aromatic nitrogens is 1. The lowest BCUT2D eigenvalue weighted by atomic mass is 9.94. The first kappa shape index (κ1) is 20.1. The van der Waals surface area contributed by atoms with Gasteiger partial charge in [-0.1, -0.05) is 24.3 Å². The Morgan fingerprint density at radius 1 is 1.17 bits per heavy atom. The summed E-state index contributed by atoms with van der Waals surface area (Å²) < 4.78 is 31.9. The number of ether oxygens (including phenoxy) is 1. The number of hydrogen-bond acceptors (Lipinski definition) is 5. The molecule has 2 aliphatic rings. The number of carbonyl (C=O) groups excluding carboxylic acids is 1. The van der Waals surface area contributed by atoms with Crippen LogP contribution in [0, 0.1) is 5.92 Å². The monoisotopic (exact) mass is 417 g/mol. The Morgan fingerprint density at radius 2 is 1.90 bits per heavy atom. The van der Waals surface area contributed by atoms with Gasteiger partial charge in [-0.05, 0) is 42.4 Å². The second kappa shape index (κ2) is 8.30. The van der Waals surface area contributed by atoms with E-state index in [4.69, 9.17) is 0 Å². The van der Waals surface area contributed by atoms with Gasteiger partial charge in [-0.25, -0.2) is 13.2 Å². The molecule has 1 fully saturated rings. The minimum atomic E-state index is -3.60. The number of sulfonamides is 1. The number of carbonyl (C=O) groups is 1. The third kappa shape index (κ3) is 4.24. The number of H-pyrrole nitrogens is 1. The number of aromatic amines is 1. The van der Waals surface area contributed by atoms with Gasteiger partial charge in [0.1, 0.15) is 10.6 Å². The Morgan fingerprint density at radius 3 is 2.62 bits per heavy atom. The number of fused-ring (bicyclic) bond motifs is 1. The van der Waals surface area contributed by atoms with Gasteiger partial charge in [0.2, 0.25) is 10.0 Å². The zero-order chi connectivity index (χ0) is 20.4. The molecule has 0 radical (unpaired) electrons. The van der Waals surface area contributed by atoms with E-state index in [1.54, 1.807) is 0 Å². The highest BCUT2D eigenvalue weighted by Crippen LogP contribution is 2.27. The van der Waals surface area contributed by atoms with Crippen molar-refractivity contribution in [2.75, 3.05) is 33.3 Å². The molecule has 0 atom stereocenters. The molecule has 0 bridgehead atoms. The van der Waals surface area contributed by atoms with Crippen molar-refractivity contribution in [3.05, 3.63) is 53.3 Å². The van der Waals surface area contributed by atoms with E-state index in [0.717, 1.165) is 38.9 Å². The average Bonchev–Trinajstić information content (AvgIpc) is 3.25. The lowest BCUT2D eigenvalue weighted by Crippen LogP contribution is -2.42. The summed E-state index contributed by atoms with van der Waals surface area (Å²) in [6, 6.07) is 9.96. The largest absolute Gasteiger partial charge is 0.464 e. The molecule has 0 spiro atoms. The molecule has 4 rings (SSSR count).